The van der Waals surface area contributed by atoms with E-state index in [0.717, 1.165) is 44.9 Å². The number of nitrogens with one attached hydrogen (secondary N) is 1. The molecule has 0 bridgehead atoms. The van der Waals surface area contributed by atoms with Crippen molar-refractivity contribution in [3.05, 3.63) is 24.3 Å². The number of amides is 1. The monoisotopic (exact) mass is 846 g/mol. The van der Waals surface area contributed by atoms with E-state index < -0.39 is 12.1 Å². The van der Waals surface area contributed by atoms with Gasteiger partial charge in [-0.1, -0.05) is 237 Å². The molecule has 2 atom stereocenters. The highest BCUT2D eigenvalue weighted by Crippen LogP contribution is 2.16. The Morgan fingerprint density at radius 2 is 0.783 bits per heavy atom. The first-order valence-electron chi connectivity index (χ1n) is 26.6. The van der Waals surface area contributed by atoms with E-state index in [9.17, 15) is 19.8 Å². The Balaban J connectivity index is 3.41. The highest BCUT2D eigenvalue weighted by atomic mass is 16.5. The number of esters is 1. The summed E-state index contributed by atoms with van der Waals surface area (Å²) < 4.78 is 5.47. The second kappa shape index (κ2) is 50.0. The quantitative estimate of drug-likeness (QED) is 0.0322. The number of carbonyl (C=O) groups is 2. The molecule has 0 heterocycles. The van der Waals surface area contributed by atoms with Crippen LogP contribution in [0.3, 0.4) is 0 Å². The summed E-state index contributed by atoms with van der Waals surface area (Å²) in [4.78, 5) is 24.4. The minimum absolute atomic E-state index is 0.00863. The van der Waals surface area contributed by atoms with Gasteiger partial charge in [0.05, 0.1) is 25.4 Å². The van der Waals surface area contributed by atoms with Crippen molar-refractivity contribution in [3.8, 4) is 0 Å². The van der Waals surface area contributed by atoms with Gasteiger partial charge < -0.3 is 20.3 Å². The molecule has 6 nitrogen and oxygen atoms in total. The van der Waals surface area contributed by atoms with Crippen molar-refractivity contribution in [2.75, 3.05) is 13.2 Å². The van der Waals surface area contributed by atoms with Crippen LogP contribution in [0.15, 0.2) is 24.3 Å². The number of aliphatic hydroxyl groups is 2. The standard InChI is InChI=1S/C54H103NO5/c1-3-5-7-9-11-13-14-24-28-32-36-40-44-48-54(59)60-49-45-41-37-33-29-26-23-21-19-17-15-16-18-20-22-25-27-31-35-39-43-47-53(58)55-51(50-56)52(57)46-42-38-34-30-12-10-8-6-4-2/h16,18,42,46,51-52,56-57H,3-15,17,19-41,43-45,47-50H2,1-2H3,(H,55,58)/b18-16-,46-42+. The Kier molecular flexibility index (Phi) is 48.6. The van der Waals surface area contributed by atoms with Gasteiger partial charge in [-0.15, -0.1) is 0 Å². The molecule has 0 aliphatic rings. The average Bonchev–Trinajstić information content (AvgIpc) is 3.25. The lowest BCUT2D eigenvalue weighted by molar-refractivity contribution is -0.143. The van der Waals surface area contributed by atoms with Crippen LogP contribution < -0.4 is 5.32 Å². The van der Waals surface area contributed by atoms with Gasteiger partial charge in [-0.25, -0.2) is 0 Å². The molecular weight excluding hydrogens is 743 g/mol. The number of ether oxygens (including phenoxy) is 1. The third-order valence-corrected chi connectivity index (χ3v) is 12.2. The fraction of sp³-hybridized carbons (Fsp3) is 0.889. The number of hydrogen-bond donors (Lipinski definition) is 3. The van der Waals surface area contributed by atoms with E-state index in [4.69, 9.17) is 4.74 Å². The predicted octanol–water partition coefficient (Wildman–Crippen LogP) is 15.9. The largest absolute Gasteiger partial charge is 0.466 e. The molecule has 0 saturated carbocycles. The number of unbranched alkanes of at least 4 members (excludes halogenated alkanes) is 36. The summed E-state index contributed by atoms with van der Waals surface area (Å²) in [5, 5.41) is 22.9. The summed E-state index contributed by atoms with van der Waals surface area (Å²) in [6.07, 6.45) is 59.1. The zero-order valence-corrected chi connectivity index (χ0v) is 40.2. The van der Waals surface area contributed by atoms with Crippen LogP contribution in [0.2, 0.25) is 0 Å². The molecule has 0 aromatic carbocycles. The average molecular weight is 846 g/mol. The second-order valence-electron chi connectivity index (χ2n) is 18.2. The van der Waals surface area contributed by atoms with Gasteiger partial charge in [0, 0.05) is 12.8 Å². The lowest BCUT2D eigenvalue weighted by Crippen LogP contribution is -2.45. The summed E-state index contributed by atoms with van der Waals surface area (Å²) in [7, 11) is 0. The van der Waals surface area contributed by atoms with Gasteiger partial charge >= 0.3 is 5.97 Å². The van der Waals surface area contributed by atoms with Crippen LogP contribution in [-0.2, 0) is 14.3 Å². The van der Waals surface area contributed by atoms with Crippen molar-refractivity contribution in [1.82, 2.24) is 5.32 Å². The topological polar surface area (TPSA) is 95.9 Å². The molecule has 354 valence electrons. The van der Waals surface area contributed by atoms with Crippen molar-refractivity contribution in [2.24, 2.45) is 0 Å². The number of allylic oxidation sites excluding steroid dienone is 3. The van der Waals surface area contributed by atoms with Crippen LogP contribution in [-0.4, -0.2) is 47.4 Å². The van der Waals surface area contributed by atoms with Gasteiger partial charge in [-0.05, 0) is 57.8 Å². The Hall–Kier alpha value is -1.66. The number of rotatable bonds is 49. The molecule has 0 aliphatic carbocycles. The van der Waals surface area contributed by atoms with E-state index >= 15 is 0 Å². The lowest BCUT2D eigenvalue weighted by Gasteiger charge is -2.20. The zero-order valence-electron chi connectivity index (χ0n) is 40.2. The molecule has 6 heteroatoms. The van der Waals surface area contributed by atoms with Crippen LogP contribution in [0.25, 0.3) is 0 Å². The summed E-state index contributed by atoms with van der Waals surface area (Å²) in [6, 6.07) is -0.630. The molecule has 1 amide bonds. The van der Waals surface area contributed by atoms with Crippen LogP contribution in [0.1, 0.15) is 284 Å². The molecule has 3 N–H and O–H groups in total. The fourth-order valence-electron chi connectivity index (χ4n) is 8.10. The smallest absolute Gasteiger partial charge is 0.305 e. The number of carbonyl (C=O) groups excluding carboxylic acids is 2. The van der Waals surface area contributed by atoms with E-state index in [1.54, 1.807) is 6.08 Å². The lowest BCUT2D eigenvalue weighted by atomic mass is 10.0. The molecule has 60 heavy (non-hydrogen) atoms. The minimum Gasteiger partial charge on any atom is -0.466 e. The maximum Gasteiger partial charge on any atom is 0.305 e. The molecule has 2 unspecified atom stereocenters. The summed E-state index contributed by atoms with van der Waals surface area (Å²) in [5.74, 6) is -0.0699. The third-order valence-electron chi connectivity index (χ3n) is 12.2. The van der Waals surface area contributed by atoms with Gasteiger partial charge in [0.1, 0.15) is 0 Å². The first kappa shape index (κ1) is 58.3. The van der Waals surface area contributed by atoms with Crippen molar-refractivity contribution >= 4 is 11.9 Å². The Labute approximate surface area is 373 Å². The van der Waals surface area contributed by atoms with Crippen molar-refractivity contribution in [2.45, 2.75) is 296 Å². The first-order valence-corrected chi connectivity index (χ1v) is 26.6. The molecule has 0 fully saturated rings. The second-order valence-corrected chi connectivity index (χ2v) is 18.2. The van der Waals surface area contributed by atoms with E-state index in [1.165, 1.54) is 212 Å². The highest BCUT2D eigenvalue weighted by molar-refractivity contribution is 5.76. The fourth-order valence-corrected chi connectivity index (χ4v) is 8.10. The Morgan fingerprint density at radius 1 is 0.450 bits per heavy atom. The molecule has 0 rings (SSSR count). The van der Waals surface area contributed by atoms with E-state index in [1.807, 2.05) is 6.08 Å². The summed E-state index contributed by atoms with van der Waals surface area (Å²) >= 11 is 0. The predicted molar refractivity (Wildman–Crippen MR) is 260 cm³/mol. The molecule has 0 radical (unpaired) electrons. The molecule has 0 aromatic rings. The van der Waals surface area contributed by atoms with Gasteiger partial charge in [0.2, 0.25) is 5.91 Å². The maximum atomic E-state index is 12.4. The van der Waals surface area contributed by atoms with E-state index in [-0.39, 0.29) is 18.5 Å². The Bertz CT molecular complexity index is 935. The van der Waals surface area contributed by atoms with E-state index in [2.05, 4.69) is 31.3 Å². The third kappa shape index (κ3) is 45.9. The van der Waals surface area contributed by atoms with E-state index in [0.29, 0.717) is 19.4 Å². The maximum absolute atomic E-state index is 12.4. The number of hydrogen-bond acceptors (Lipinski definition) is 5. The molecular formula is C54H103NO5. The summed E-state index contributed by atoms with van der Waals surface area (Å²) in [5.41, 5.74) is 0. The van der Waals surface area contributed by atoms with Crippen LogP contribution >= 0.6 is 0 Å². The van der Waals surface area contributed by atoms with Crippen LogP contribution in [0, 0.1) is 0 Å². The zero-order chi connectivity index (χ0) is 43.7. The van der Waals surface area contributed by atoms with Crippen LogP contribution in [0.4, 0.5) is 0 Å². The minimum atomic E-state index is -0.846. The van der Waals surface area contributed by atoms with Crippen LogP contribution in [0.5, 0.6) is 0 Å². The SMILES string of the molecule is CCCCCCCCC/C=C/C(O)C(CO)NC(=O)CCCCCCCCC/C=C\CCCCCCCCCCCCOC(=O)CCCCCCCCCCCCCCC. The van der Waals surface area contributed by atoms with Gasteiger partial charge in [-0.3, -0.25) is 9.59 Å². The normalized spacial score (nSPS) is 12.8. The highest BCUT2D eigenvalue weighted by Gasteiger charge is 2.18. The molecule has 0 spiro atoms. The molecule has 0 aliphatic heterocycles. The van der Waals surface area contributed by atoms with Gasteiger partial charge in [0.15, 0.2) is 0 Å². The molecule has 0 saturated heterocycles. The number of aliphatic hydroxyl groups excluding tert-OH is 2. The van der Waals surface area contributed by atoms with Crippen molar-refractivity contribution < 1.29 is 24.5 Å². The van der Waals surface area contributed by atoms with Gasteiger partial charge in [-0.2, -0.15) is 0 Å². The summed E-state index contributed by atoms with van der Waals surface area (Å²) in [6.45, 7) is 4.87. The molecule has 0 aromatic heterocycles. The van der Waals surface area contributed by atoms with Crippen molar-refractivity contribution in [1.29, 1.82) is 0 Å². The van der Waals surface area contributed by atoms with Gasteiger partial charge in [0.25, 0.3) is 0 Å². The first-order chi connectivity index (χ1) is 29.5. The van der Waals surface area contributed by atoms with Crippen molar-refractivity contribution in [3.63, 3.8) is 0 Å². The Morgan fingerprint density at radius 3 is 1.18 bits per heavy atom.